The summed E-state index contributed by atoms with van der Waals surface area (Å²) in [6.45, 7) is 6.00. The van der Waals surface area contributed by atoms with Crippen LogP contribution in [0.2, 0.25) is 0 Å². The van der Waals surface area contributed by atoms with Crippen molar-refractivity contribution in [3.8, 4) is 23.0 Å². The largest absolute Gasteiger partial charge is 0.493 e. The lowest BCUT2D eigenvalue weighted by atomic mass is 9.95. The minimum absolute atomic E-state index is 0.128. The third-order valence-electron chi connectivity index (χ3n) is 7.45. The number of methoxy groups -OCH3 is 2. The van der Waals surface area contributed by atoms with Gasteiger partial charge in [0.25, 0.3) is 5.56 Å². The van der Waals surface area contributed by atoms with E-state index < -0.39 is 18.0 Å². The monoisotopic (exact) mass is 736 g/mol. The van der Waals surface area contributed by atoms with Crippen molar-refractivity contribution in [2.45, 2.75) is 33.4 Å². The maximum atomic E-state index is 14.2. The summed E-state index contributed by atoms with van der Waals surface area (Å²) in [7, 11) is 3.03. The third kappa shape index (κ3) is 7.02. The molecule has 11 nitrogen and oxygen atoms in total. The Morgan fingerprint density at radius 1 is 0.979 bits per heavy atom. The Labute approximate surface area is 288 Å². The molecule has 0 bridgehead atoms. The van der Waals surface area contributed by atoms with Gasteiger partial charge in [-0.15, -0.1) is 0 Å². The molecule has 0 unspecified atom stereocenters. The SMILES string of the molecule is CCOC(=O)C1=C(C)N=c2s/c(=C/c3ccc(OCc4cccc(C(=O)O)c4)c(OC)c3)c(=O)n2[C@H]1c1cc(OC)c(OCC)cc1Br. The Bertz CT molecular complexity index is 2100. The number of rotatable bonds is 12. The van der Waals surface area contributed by atoms with Crippen LogP contribution in [-0.2, 0) is 16.1 Å². The summed E-state index contributed by atoms with van der Waals surface area (Å²) in [5.41, 5.74) is 2.43. The van der Waals surface area contributed by atoms with Crippen LogP contribution < -0.4 is 33.8 Å². The summed E-state index contributed by atoms with van der Waals surface area (Å²) < 4.78 is 30.8. The molecule has 0 saturated carbocycles. The van der Waals surface area contributed by atoms with Gasteiger partial charge in [0, 0.05) is 4.47 Å². The predicted octanol–water partition coefficient (Wildman–Crippen LogP) is 5.25. The van der Waals surface area contributed by atoms with Gasteiger partial charge in [0.15, 0.2) is 27.8 Å². The molecule has 0 aliphatic carbocycles. The van der Waals surface area contributed by atoms with Gasteiger partial charge >= 0.3 is 11.9 Å². The van der Waals surface area contributed by atoms with E-state index in [0.29, 0.717) is 65.8 Å². The highest BCUT2D eigenvalue weighted by molar-refractivity contribution is 9.10. The van der Waals surface area contributed by atoms with Crippen LogP contribution in [0, 0.1) is 0 Å². The number of hydrogen-bond acceptors (Lipinski definition) is 10. The molecule has 250 valence electrons. The first-order chi connectivity index (χ1) is 23.1. The first kappa shape index (κ1) is 34.5. The molecule has 3 aromatic carbocycles. The lowest BCUT2D eigenvalue weighted by Crippen LogP contribution is -2.40. The predicted molar refractivity (Wildman–Crippen MR) is 183 cm³/mol. The molecule has 1 N–H and O–H groups in total. The van der Waals surface area contributed by atoms with E-state index in [1.54, 1.807) is 68.5 Å². The Morgan fingerprint density at radius 3 is 2.42 bits per heavy atom. The third-order valence-corrected chi connectivity index (χ3v) is 9.12. The number of allylic oxidation sites excluding steroid dienone is 1. The standard InChI is InChI=1S/C35H33BrN2O9S/c1-6-45-28-17-24(36)23(16-27(28)44-5)31-30(34(42)46-7-2)19(3)37-35-38(31)32(39)29(48-35)15-20-11-12-25(26(14-20)43-4)47-18-21-9-8-10-22(13-21)33(40)41/h8-17,31H,6-7,18H2,1-5H3,(H,40,41)/b29-15+/t31-/m0/s1. The van der Waals surface area contributed by atoms with Gasteiger partial charge in [-0.1, -0.05) is 45.5 Å². The second-order valence-corrected chi connectivity index (χ2v) is 12.3. The number of carbonyl (C=O) groups is 2. The van der Waals surface area contributed by atoms with E-state index in [2.05, 4.69) is 20.9 Å². The van der Waals surface area contributed by atoms with Crippen LogP contribution in [0.4, 0.5) is 0 Å². The number of nitrogens with zero attached hydrogens (tertiary/aromatic N) is 2. The fourth-order valence-electron chi connectivity index (χ4n) is 5.27. The zero-order chi connectivity index (χ0) is 34.5. The van der Waals surface area contributed by atoms with Crippen molar-refractivity contribution in [3.63, 3.8) is 0 Å². The Balaban J connectivity index is 1.57. The number of ether oxygens (including phenoxy) is 5. The van der Waals surface area contributed by atoms with Gasteiger partial charge in [-0.05, 0) is 79.9 Å². The first-order valence-electron chi connectivity index (χ1n) is 14.9. The highest BCUT2D eigenvalue weighted by atomic mass is 79.9. The summed E-state index contributed by atoms with van der Waals surface area (Å²) in [6.07, 6.45) is 1.72. The molecular formula is C35H33BrN2O9S. The topological polar surface area (TPSA) is 135 Å². The van der Waals surface area contributed by atoms with Crippen LogP contribution in [0.15, 0.2) is 80.1 Å². The number of carboxylic acids is 1. The number of aromatic nitrogens is 1. The molecule has 0 radical (unpaired) electrons. The van der Waals surface area contributed by atoms with E-state index >= 15 is 0 Å². The molecule has 0 amide bonds. The number of halogens is 1. The number of hydrogen-bond donors (Lipinski definition) is 1. The number of thiazole rings is 1. The number of carbonyl (C=O) groups excluding carboxylic acids is 1. The van der Waals surface area contributed by atoms with Crippen LogP contribution >= 0.6 is 27.3 Å². The van der Waals surface area contributed by atoms with Crippen molar-refractivity contribution in [3.05, 3.63) is 112 Å². The van der Waals surface area contributed by atoms with Gasteiger partial charge in [-0.2, -0.15) is 0 Å². The van der Waals surface area contributed by atoms with Gasteiger partial charge in [-0.25, -0.2) is 14.6 Å². The summed E-state index contributed by atoms with van der Waals surface area (Å²) in [5, 5.41) is 9.28. The lowest BCUT2D eigenvalue weighted by molar-refractivity contribution is -0.139. The summed E-state index contributed by atoms with van der Waals surface area (Å²) in [4.78, 5) is 43.9. The zero-order valence-electron chi connectivity index (χ0n) is 26.9. The molecule has 1 aromatic heterocycles. The summed E-state index contributed by atoms with van der Waals surface area (Å²) in [6, 6.07) is 14.4. The van der Waals surface area contributed by atoms with Gasteiger partial charge in [0.05, 0.1) is 54.8 Å². The van der Waals surface area contributed by atoms with Crippen LogP contribution in [-0.4, -0.2) is 49.0 Å². The minimum Gasteiger partial charge on any atom is -0.493 e. The molecule has 1 atom stereocenters. The van der Waals surface area contributed by atoms with Crippen molar-refractivity contribution < 1.29 is 38.4 Å². The number of benzene rings is 3. The van der Waals surface area contributed by atoms with E-state index in [9.17, 15) is 19.5 Å². The van der Waals surface area contributed by atoms with Gasteiger partial charge < -0.3 is 28.8 Å². The molecule has 1 aliphatic heterocycles. The Kier molecular flexibility index (Phi) is 10.7. The first-order valence-corrected chi connectivity index (χ1v) is 16.5. The normalized spacial score (nSPS) is 14.2. The number of esters is 1. The smallest absolute Gasteiger partial charge is 0.338 e. The van der Waals surface area contributed by atoms with E-state index in [1.165, 1.54) is 36.2 Å². The fraction of sp³-hybridized carbons (Fsp3) is 0.257. The van der Waals surface area contributed by atoms with E-state index in [4.69, 9.17) is 23.7 Å². The van der Waals surface area contributed by atoms with E-state index in [0.717, 1.165) is 0 Å². The average molecular weight is 738 g/mol. The Morgan fingerprint density at radius 2 is 1.73 bits per heavy atom. The van der Waals surface area contributed by atoms with E-state index in [-0.39, 0.29) is 29.9 Å². The van der Waals surface area contributed by atoms with Crippen LogP contribution in [0.1, 0.15) is 53.9 Å². The van der Waals surface area contributed by atoms with Gasteiger partial charge in [-0.3, -0.25) is 9.36 Å². The van der Waals surface area contributed by atoms with Crippen LogP contribution in [0.25, 0.3) is 6.08 Å². The summed E-state index contributed by atoms with van der Waals surface area (Å²) >= 11 is 4.83. The zero-order valence-corrected chi connectivity index (χ0v) is 29.3. The minimum atomic E-state index is -1.02. The fourth-order valence-corrected chi connectivity index (χ4v) is 6.86. The van der Waals surface area contributed by atoms with Gasteiger partial charge in [0.2, 0.25) is 0 Å². The number of fused-ring (bicyclic) bond motifs is 1. The molecule has 0 fully saturated rings. The molecule has 4 aromatic rings. The maximum absolute atomic E-state index is 14.2. The second kappa shape index (κ2) is 14.9. The molecule has 0 saturated heterocycles. The number of aromatic carboxylic acids is 1. The van der Waals surface area contributed by atoms with E-state index in [1.807, 2.05) is 6.92 Å². The van der Waals surface area contributed by atoms with Crippen molar-refractivity contribution in [1.29, 1.82) is 0 Å². The molecule has 2 heterocycles. The maximum Gasteiger partial charge on any atom is 0.338 e. The van der Waals surface area contributed by atoms with Crippen molar-refractivity contribution >= 4 is 45.3 Å². The molecule has 48 heavy (non-hydrogen) atoms. The molecule has 0 spiro atoms. The van der Waals surface area contributed by atoms with Crippen molar-refractivity contribution in [2.24, 2.45) is 4.99 Å². The van der Waals surface area contributed by atoms with Crippen molar-refractivity contribution in [1.82, 2.24) is 4.57 Å². The lowest BCUT2D eigenvalue weighted by Gasteiger charge is -2.26. The second-order valence-electron chi connectivity index (χ2n) is 10.5. The van der Waals surface area contributed by atoms with Crippen molar-refractivity contribution in [2.75, 3.05) is 27.4 Å². The molecule has 13 heteroatoms. The van der Waals surface area contributed by atoms with Gasteiger partial charge in [0.1, 0.15) is 6.61 Å². The van der Waals surface area contributed by atoms with Crippen LogP contribution in [0.3, 0.4) is 0 Å². The summed E-state index contributed by atoms with van der Waals surface area (Å²) in [5.74, 6) is 0.230. The highest BCUT2D eigenvalue weighted by Gasteiger charge is 2.35. The Hall–Kier alpha value is -4.88. The highest BCUT2D eigenvalue weighted by Crippen LogP contribution is 2.41. The molecule has 1 aliphatic rings. The molecular weight excluding hydrogens is 704 g/mol. The average Bonchev–Trinajstić information content (AvgIpc) is 3.37. The molecule has 5 rings (SSSR count). The van der Waals surface area contributed by atoms with Crippen LogP contribution in [0.5, 0.6) is 23.0 Å². The number of carboxylic acid groups (broad SMARTS) is 1. The quantitative estimate of drug-likeness (QED) is 0.194.